The summed E-state index contributed by atoms with van der Waals surface area (Å²) in [4.78, 5) is 22.4. The zero-order valence-electron chi connectivity index (χ0n) is 16.6. The van der Waals surface area contributed by atoms with Crippen LogP contribution in [0.4, 0.5) is 13.2 Å². The molecule has 2 aromatic heterocycles. The molecule has 7 nitrogen and oxygen atoms in total. The third kappa shape index (κ3) is 4.52. The van der Waals surface area contributed by atoms with Crippen molar-refractivity contribution >= 4 is 5.91 Å². The highest BCUT2D eigenvalue weighted by Gasteiger charge is 2.38. The number of carbonyl (C=O) groups is 1. The van der Waals surface area contributed by atoms with Gasteiger partial charge in [0.25, 0.3) is 5.91 Å². The lowest BCUT2D eigenvalue weighted by molar-refractivity contribution is -0.159. The van der Waals surface area contributed by atoms with E-state index in [2.05, 4.69) is 19.6 Å². The number of hydrogen-bond acceptors (Lipinski definition) is 6. The van der Waals surface area contributed by atoms with Crippen LogP contribution in [0, 0.1) is 0 Å². The van der Waals surface area contributed by atoms with E-state index in [1.165, 1.54) is 6.20 Å². The summed E-state index contributed by atoms with van der Waals surface area (Å²) in [6.45, 7) is 1.15. The van der Waals surface area contributed by atoms with Crippen molar-refractivity contribution in [1.82, 2.24) is 20.0 Å². The second-order valence-electron chi connectivity index (χ2n) is 7.21. The topological polar surface area (TPSA) is 81.4 Å². The Bertz CT molecular complexity index is 1070. The Balaban J connectivity index is 1.47. The molecule has 1 saturated heterocycles. The van der Waals surface area contributed by atoms with E-state index in [1.807, 2.05) is 0 Å². The Labute approximate surface area is 175 Å². The molecule has 1 aromatic carbocycles. The summed E-state index contributed by atoms with van der Waals surface area (Å²) in [5.41, 5.74) is 1.63. The summed E-state index contributed by atoms with van der Waals surface area (Å²) in [5.74, 6) is -1.01. The fourth-order valence-corrected chi connectivity index (χ4v) is 3.58. The van der Waals surface area contributed by atoms with Gasteiger partial charge in [-0.15, -0.1) is 0 Å². The van der Waals surface area contributed by atoms with Gasteiger partial charge in [-0.05, 0) is 43.2 Å². The third-order valence-corrected chi connectivity index (χ3v) is 5.16. The first kappa shape index (κ1) is 20.8. The van der Waals surface area contributed by atoms with E-state index in [9.17, 15) is 18.0 Å². The highest BCUT2D eigenvalue weighted by Crippen LogP contribution is 2.31. The zero-order valence-corrected chi connectivity index (χ0v) is 16.6. The number of halogens is 3. The number of hydrogen-bond donors (Lipinski definition) is 0. The highest BCUT2D eigenvalue weighted by molar-refractivity contribution is 5.94. The number of piperidine rings is 1. The summed E-state index contributed by atoms with van der Waals surface area (Å²) in [7, 11) is 1.55. The van der Waals surface area contributed by atoms with Gasteiger partial charge in [0.15, 0.2) is 0 Å². The lowest BCUT2D eigenvalue weighted by Crippen LogP contribution is -2.39. The number of amides is 1. The van der Waals surface area contributed by atoms with E-state index in [4.69, 9.17) is 4.74 Å². The Morgan fingerprint density at radius 2 is 2.10 bits per heavy atom. The van der Waals surface area contributed by atoms with Gasteiger partial charge in [0, 0.05) is 42.0 Å². The number of benzene rings is 1. The van der Waals surface area contributed by atoms with Crippen molar-refractivity contribution in [2.24, 2.45) is 0 Å². The van der Waals surface area contributed by atoms with Crippen molar-refractivity contribution in [1.29, 1.82) is 0 Å². The van der Waals surface area contributed by atoms with Crippen molar-refractivity contribution < 1.29 is 27.2 Å². The molecule has 0 unspecified atom stereocenters. The molecule has 1 aliphatic rings. The second-order valence-corrected chi connectivity index (χ2v) is 7.21. The van der Waals surface area contributed by atoms with Crippen LogP contribution in [0.3, 0.4) is 0 Å². The van der Waals surface area contributed by atoms with Crippen LogP contribution < -0.4 is 4.74 Å². The van der Waals surface area contributed by atoms with E-state index in [1.54, 1.807) is 48.4 Å². The summed E-state index contributed by atoms with van der Waals surface area (Å²) in [6.07, 6.45) is -1.60. The number of nitrogens with zero attached hydrogens (tertiary/aromatic N) is 4. The smallest absolute Gasteiger partial charge is 0.471 e. The molecule has 0 bridgehead atoms. The van der Waals surface area contributed by atoms with E-state index in [-0.39, 0.29) is 17.6 Å². The number of pyridine rings is 1. The Hall–Kier alpha value is -3.43. The molecule has 1 aliphatic heterocycles. The average Bonchev–Trinajstić information content (AvgIpc) is 3.30. The van der Waals surface area contributed by atoms with Crippen molar-refractivity contribution in [2.75, 3.05) is 20.2 Å². The summed E-state index contributed by atoms with van der Waals surface area (Å²) in [5, 5.41) is 3.37. The molecule has 31 heavy (non-hydrogen) atoms. The number of rotatable bonds is 4. The predicted molar refractivity (Wildman–Crippen MR) is 103 cm³/mol. The first-order chi connectivity index (χ1) is 14.8. The van der Waals surface area contributed by atoms with Crippen LogP contribution in [0.1, 0.15) is 40.7 Å². The fraction of sp³-hybridized carbons (Fsp3) is 0.333. The van der Waals surface area contributed by atoms with Crippen LogP contribution >= 0.6 is 0 Å². The van der Waals surface area contributed by atoms with E-state index >= 15 is 0 Å². The number of alkyl halides is 3. The fourth-order valence-electron chi connectivity index (χ4n) is 3.58. The maximum absolute atomic E-state index is 12.9. The van der Waals surface area contributed by atoms with Crippen molar-refractivity contribution in [3.05, 3.63) is 59.7 Å². The third-order valence-electron chi connectivity index (χ3n) is 5.16. The quantitative estimate of drug-likeness (QED) is 0.615. The zero-order chi connectivity index (χ0) is 22.0. The van der Waals surface area contributed by atoms with Gasteiger partial charge in [0.1, 0.15) is 5.75 Å². The molecule has 162 valence electrons. The van der Waals surface area contributed by atoms with Gasteiger partial charge >= 0.3 is 12.1 Å². The normalized spacial score (nSPS) is 16.9. The summed E-state index contributed by atoms with van der Waals surface area (Å²) < 4.78 is 47.4. The van der Waals surface area contributed by atoms with E-state index < -0.39 is 12.1 Å². The monoisotopic (exact) mass is 432 g/mol. The first-order valence-electron chi connectivity index (χ1n) is 9.65. The number of ether oxygens (including phenoxy) is 1. The average molecular weight is 432 g/mol. The maximum atomic E-state index is 12.9. The minimum Gasteiger partial charge on any atom is -0.497 e. The van der Waals surface area contributed by atoms with E-state index in [0.29, 0.717) is 30.0 Å². The Kier molecular flexibility index (Phi) is 5.62. The summed E-state index contributed by atoms with van der Waals surface area (Å²) >= 11 is 0. The SMILES string of the molecule is COc1cccc(C(=O)N2CCC[C@H](c3ccc(-c4noc(C(F)(F)F)n4)cn3)C2)c1. The second kappa shape index (κ2) is 8.37. The highest BCUT2D eigenvalue weighted by atomic mass is 19.4. The number of aromatic nitrogens is 3. The van der Waals surface area contributed by atoms with Crippen LogP contribution in [-0.2, 0) is 6.18 Å². The molecule has 0 saturated carbocycles. The molecular formula is C21H19F3N4O3. The van der Waals surface area contributed by atoms with Gasteiger partial charge in [0.2, 0.25) is 5.82 Å². The molecule has 0 aliphatic carbocycles. The van der Waals surface area contributed by atoms with Gasteiger partial charge in [-0.3, -0.25) is 9.78 Å². The molecule has 1 fully saturated rings. The van der Waals surface area contributed by atoms with Crippen LogP contribution in [0.25, 0.3) is 11.4 Å². The molecule has 0 radical (unpaired) electrons. The van der Waals surface area contributed by atoms with Gasteiger partial charge in [-0.1, -0.05) is 11.2 Å². The predicted octanol–water partition coefficient (Wildman–Crippen LogP) is 4.18. The van der Waals surface area contributed by atoms with Gasteiger partial charge in [0.05, 0.1) is 7.11 Å². The minimum absolute atomic E-state index is 0.0216. The van der Waals surface area contributed by atoms with Gasteiger partial charge in [-0.2, -0.15) is 18.2 Å². The largest absolute Gasteiger partial charge is 0.497 e. The van der Waals surface area contributed by atoms with Crippen LogP contribution in [0.15, 0.2) is 47.1 Å². The molecule has 1 amide bonds. The molecule has 0 spiro atoms. The van der Waals surface area contributed by atoms with Crippen molar-refractivity contribution in [3.63, 3.8) is 0 Å². The number of methoxy groups -OCH3 is 1. The van der Waals surface area contributed by atoms with Crippen LogP contribution in [0.2, 0.25) is 0 Å². The maximum Gasteiger partial charge on any atom is 0.471 e. The van der Waals surface area contributed by atoms with Gasteiger partial charge < -0.3 is 14.2 Å². The van der Waals surface area contributed by atoms with Crippen molar-refractivity contribution in [3.8, 4) is 17.1 Å². The lowest BCUT2D eigenvalue weighted by atomic mass is 9.93. The molecule has 4 rings (SSSR count). The standard InChI is InChI=1S/C21H19F3N4O3/c1-30-16-6-2-4-13(10-16)19(29)28-9-3-5-15(12-28)17-8-7-14(11-25-17)18-26-20(31-27-18)21(22,23)24/h2,4,6-8,10-11,15H,3,5,9,12H2,1H3/t15-/m0/s1. The molecule has 0 N–H and O–H groups in total. The van der Waals surface area contributed by atoms with Crippen LogP contribution in [-0.4, -0.2) is 46.1 Å². The number of likely N-dealkylation sites (tertiary alicyclic amines) is 1. The first-order valence-corrected chi connectivity index (χ1v) is 9.65. The number of carbonyl (C=O) groups excluding carboxylic acids is 1. The molecule has 10 heteroatoms. The van der Waals surface area contributed by atoms with E-state index in [0.717, 1.165) is 18.5 Å². The molecular weight excluding hydrogens is 413 g/mol. The molecule has 3 aromatic rings. The Morgan fingerprint density at radius 1 is 1.26 bits per heavy atom. The van der Waals surface area contributed by atoms with Gasteiger partial charge in [-0.25, -0.2) is 0 Å². The minimum atomic E-state index is -4.69. The lowest BCUT2D eigenvalue weighted by Gasteiger charge is -2.32. The molecule has 3 heterocycles. The van der Waals surface area contributed by atoms with Crippen molar-refractivity contribution in [2.45, 2.75) is 24.9 Å². The molecule has 1 atom stereocenters. The summed E-state index contributed by atoms with van der Waals surface area (Å²) in [6, 6.07) is 10.3. The Morgan fingerprint density at radius 3 is 2.77 bits per heavy atom. The van der Waals surface area contributed by atoms with Crippen LogP contribution in [0.5, 0.6) is 5.75 Å².